The SMILES string of the molecule is CCC(=O)NCCc1cc(OC)ccc1OC. The molecule has 1 rings (SSSR count). The maximum absolute atomic E-state index is 11.1. The number of hydrogen-bond donors (Lipinski definition) is 1. The molecule has 94 valence electrons. The highest BCUT2D eigenvalue weighted by Gasteiger charge is 2.05. The van der Waals surface area contributed by atoms with E-state index in [9.17, 15) is 4.79 Å². The van der Waals surface area contributed by atoms with Gasteiger partial charge in [-0.25, -0.2) is 0 Å². The number of benzene rings is 1. The van der Waals surface area contributed by atoms with E-state index in [1.54, 1.807) is 14.2 Å². The summed E-state index contributed by atoms with van der Waals surface area (Å²) in [7, 11) is 3.26. The minimum Gasteiger partial charge on any atom is -0.497 e. The minimum absolute atomic E-state index is 0.0619. The molecule has 0 aliphatic heterocycles. The van der Waals surface area contributed by atoms with Crippen LogP contribution < -0.4 is 14.8 Å². The molecule has 0 radical (unpaired) electrons. The predicted molar refractivity (Wildman–Crippen MR) is 66.6 cm³/mol. The number of amides is 1. The second-order valence-corrected chi connectivity index (χ2v) is 3.63. The minimum atomic E-state index is 0.0619. The summed E-state index contributed by atoms with van der Waals surface area (Å²) in [5.74, 6) is 1.67. The van der Waals surface area contributed by atoms with E-state index >= 15 is 0 Å². The molecule has 0 aromatic heterocycles. The summed E-state index contributed by atoms with van der Waals surface area (Å²) in [5, 5.41) is 2.83. The summed E-state index contributed by atoms with van der Waals surface area (Å²) in [4.78, 5) is 11.1. The first-order chi connectivity index (χ1) is 8.21. The maximum Gasteiger partial charge on any atom is 0.219 e. The molecule has 0 atom stereocenters. The van der Waals surface area contributed by atoms with Gasteiger partial charge in [0.05, 0.1) is 14.2 Å². The van der Waals surface area contributed by atoms with Crippen LogP contribution in [0.2, 0.25) is 0 Å². The molecule has 0 saturated heterocycles. The van der Waals surface area contributed by atoms with Crippen LogP contribution in [0.3, 0.4) is 0 Å². The Morgan fingerprint density at radius 1 is 1.29 bits per heavy atom. The molecule has 4 heteroatoms. The van der Waals surface area contributed by atoms with Crippen molar-refractivity contribution in [3.05, 3.63) is 23.8 Å². The van der Waals surface area contributed by atoms with Gasteiger partial charge in [-0.3, -0.25) is 4.79 Å². The molecule has 0 fully saturated rings. The summed E-state index contributed by atoms with van der Waals surface area (Å²) in [6.07, 6.45) is 1.24. The molecule has 0 unspecified atom stereocenters. The van der Waals surface area contributed by atoms with E-state index in [0.717, 1.165) is 23.5 Å². The Morgan fingerprint density at radius 3 is 2.65 bits per heavy atom. The average molecular weight is 237 g/mol. The van der Waals surface area contributed by atoms with Gasteiger partial charge in [-0.2, -0.15) is 0 Å². The predicted octanol–water partition coefficient (Wildman–Crippen LogP) is 1.77. The Bertz CT molecular complexity index is 377. The quantitative estimate of drug-likeness (QED) is 0.820. The van der Waals surface area contributed by atoms with Crippen LogP contribution in [0, 0.1) is 0 Å². The normalized spacial score (nSPS) is 9.82. The van der Waals surface area contributed by atoms with E-state index in [1.807, 2.05) is 25.1 Å². The molecular weight excluding hydrogens is 218 g/mol. The van der Waals surface area contributed by atoms with E-state index < -0.39 is 0 Å². The highest BCUT2D eigenvalue weighted by atomic mass is 16.5. The Kier molecular flexibility index (Phi) is 5.33. The zero-order chi connectivity index (χ0) is 12.7. The molecule has 0 aliphatic rings. The Morgan fingerprint density at radius 2 is 2.06 bits per heavy atom. The van der Waals surface area contributed by atoms with Crippen molar-refractivity contribution >= 4 is 5.91 Å². The van der Waals surface area contributed by atoms with Gasteiger partial charge in [0.15, 0.2) is 0 Å². The smallest absolute Gasteiger partial charge is 0.219 e. The zero-order valence-corrected chi connectivity index (χ0v) is 10.6. The van der Waals surface area contributed by atoms with Crippen molar-refractivity contribution < 1.29 is 14.3 Å². The second-order valence-electron chi connectivity index (χ2n) is 3.63. The van der Waals surface area contributed by atoms with Crippen LogP contribution in [-0.2, 0) is 11.2 Å². The van der Waals surface area contributed by atoms with Crippen molar-refractivity contribution in [1.82, 2.24) is 5.32 Å². The van der Waals surface area contributed by atoms with E-state index in [2.05, 4.69) is 5.32 Å². The highest BCUT2D eigenvalue weighted by Crippen LogP contribution is 2.23. The van der Waals surface area contributed by atoms with Crippen molar-refractivity contribution in [3.63, 3.8) is 0 Å². The van der Waals surface area contributed by atoms with Crippen LogP contribution >= 0.6 is 0 Å². The third-order valence-electron chi connectivity index (χ3n) is 2.53. The van der Waals surface area contributed by atoms with Gasteiger partial charge in [0, 0.05) is 13.0 Å². The number of carbonyl (C=O) groups excluding carboxylic acids is 1. The third-order valence-corrected chi connectivity index (χ3v) is 2.53. The molecule has 1 aromatic rings. The van der Waals surface area contributed by atoms with Crippen molar-refractivity contribution in [2.75, 3.05) is 20.8 Å². The van der Waals surface area contributed by atoms with Crippen LogP contribution in [0.15, 0.2) is 18.2 Å². The fourth-order valence-corrected chi connectivity index (χ4v) is 1.54. The summed E-state index contributed by atoms with van der Waals surface area (Å²) in [5.41, 5.74) is 1.03. The molecule has 1 amide bonds. The van der Waals surface area contributed by atoms with Crippen LogP contribution in [0.25, 0.3) is 0 Å². The fourth-order valence-electron chi connectivity index (χ4n) is 1.54. The van der Waals surface area contributed by atoms with Gasteiger partial charge in [0.2, 0.25) is 5.91 Å². The summed E-state index contributed by atoms with van der Waals surface area (Å²) < 4.78 is 10.4. The molecule has 0 heterocycles. The summed E-state index contributed by atoms with van der Waals surface area (Å²) >= 11 is 0. The van der Waals surface area contributed by atoms with Crippen molar-refractivity contribution in [1.29, 1.82) is 0 Å². The lowest BCUT2D eigenvalue weighted by molar-refractivity contribution is -0.120. The van der Waals surface area contributed by atoms with E-state index in [4.69, 9.17) is 9.47 Å². The first-order valence-electron chi connectivity index (χ1n) is 5.68. The molecule has 0 aliphatic carbocycles. The number of carbonyl (C=O) groups is 1. The first kappa shape index (κ1) is 13.4. The number of ether oxygens (including phenoxy) is 2. The van der Waals surface area contributed by atoms with Gasteiger partial charge in [-0.1, -0.05) is 6.92 Å². The standard InChI is InChI=1S/C13H19NO3/c1-4-13(15)14-8-7-10-9-11(16-2)5-6-12(10)17-3/h5-6,9H,4,7-8H2,1-3H3,(H,14,15). The number of hydrogen-bond acceptors (Lipinski definition) is 3. The second kappa shape index (κ2) is 6.78. The fraction of sp³-hybridized carbons (Fsp3) is 0.462. The van der Waals surface area contributed by atoms with Gasteiger partial charge in [-0.05, 0) is 30.2 Å². The summed E-state index contributed by atoms with van der Waals surface area (Å²) in [6.45, 7) is 2.44. The first-order valence-corrected chi connectivity index (χ1v) is 5.68. The summed E-state index contributed by atoms with van der Waals surface area (Å²) in [6, 6.07) is 5.65. The number of methoxy groups -OCH3 is 2. The number of nitrogens with one attached hydrogen (secondary N) is 1. The molecular formula is C13H19NO3. The van der Waals surface area contributed by atoms with Crippen molar-refractivity contribution in [2.24, 2.45) is 0 Å². The molecule has 4 nitrogen and oxygen atoms in total. The van der Waals surface area contributed by atoms with Gasteiger partial charge < -0.3 is 14.8 Å². The average Bonchev–Trinajstić information content (AvgIpc) is 2.38. The lowest BCUT2D eigenvalue weighted by Crippen LogP contribution is -2.24. The molecule has 1 N–H and O–H groups in total. The lowest BCUT2D eigenvalue weighted by Gasteiger charge is -2.10. The Labute approximate surface area is 102 Å². The maximum atomic E-state index is 11.1. The Balaban J connectivity index is 2.64. The number of rotatable bonds is 6. The lowest BCUT2D eigenvalue weighted by atomic mass is 10.1. The zero-order valence-electron chi connectivity index (χ0n) is 10.6. The monoisotopic (exact) mass is 237 g/mol. The van der Waals surface area contributed by atoms with Gasteiger partial charge in [0.1, 0.15) is 11.5 Å². The van der Waals surface area contributed by atoms with Crippen molar-refractivity contribution in [3.8, 4) is 11.5 Å². The Hall–Kier alpha value is -1.71. The van der Waals surface area contributed by atoms with Crippen molar-refractivity contribution in [2.45, 2.75) is 19.8 Å². The van der Waals surface area contributed by atoms with Gasteiger partial charge in [0.25, 0.3) is 0 Å². The molecule has 17 heavy (non-hydrogen) atoms. The van der Waals surface area contributed by atoms with E-state index in [-0.39, 0.29) is 5.91 Å². The van der Waals surface area contributed by atoms with Crippen LogP contribution in [0.4, 0.5) is 0 Å². The largest absolute Gasteiger partial charge is 0.497 e. The molecule has 0 spiro atoms. The van der Waals surface area contributed by atoms with Gasteiger partial charge in [-0.15, -0.1) is 0 Å². The van der Waals surface area contributed by atoms with Crippen LogP contribution in [0.5, 0.6) is 11.5 Å². The molecule has 1 aromatic carbocycles. The molecule has 0 bridgehead atoms. The van der Waals surface area contributed by atoms with Crippen LogP contribution in [0.1, 0.15) is 18.9 Å². The van der Waals surface area contributed by atoms with Gasteiger partial charge >= 0.3 is 0 Å². The topological polar surface area (TPSA) is 47.6 Å². The van der Waals surface area contributed by atoms with Crippen LogP contribution in [-0.4, -0.2) is 26.7 Å². The third kappa shape index (κ3) is 3.98. The highest BCUT2D eigenvalue weighted by molar-refractivity contribution is 5.75. The molecule has 0 saturated carbocycles. The van der Waals surface area contributed by atoms with E-state index in [0.29, 0.717) is 13.0 Å². The van der Waals surface area contributed by atoms with E-state index in [1.165, 1.54) is 0 Å².